The van der Waals surface area contributed by atoms with E-state index in [9.17, 15) is 5.11 Å². The summed E-state index contributed by atoms with van der Waals surface area (Å²) < 4.78 is 2.23. The predicted molar refractivity (Wildman–Crippen MR) is 97.0 cm³/mol. The summed E-state index contributed by atoms with van der Waals surface area (Å²) in [6.45, 7) is 3.10. The van der Waals surface area contributed by atoms with Crippen LogP contribution in [0.15, 0.2) is 54.6 Å². The van der Waals surface area contributed by atoms with Crippen molar-refractivity contribution < 1.29 is 5.11 Å². The van der Waals surface area contributed by atoms with Crippen LogP contribution in [0.2, 0.25) is 0 Å². The third kappa shape index (κ3) is 2.40. The fourth-order valence-electron chi connectivity index (χ4n) is 3.07. The fraction of sp³-hybridized carbons (Fsp3) is 0.200. The Morgan fingerprint density at radius 1 is 0.958 bits per heavy atom. The number of unbranched alkanes of at least 4 members (excludes halogenated alkanes) is 1. The molecule has 0 spiro atoms. The first-order valence-corrected chi connectivity index (χ1v) is 8.32. The minimum atomic E-state index is 0.200. The largest absolute Gasteiger partial charge is 0.506 e. The van der Waals surface area contributed by atoms with E-state index in [0.717, 1.165) is 47.3 Å². The van der Waals surface area contributed by atoms with Crippen LogP contribution in [0, 0.1) is 0 Å². The molecule has 4 heteroatoms. The zero-order chi connectivity index (χ0) is 16.5. The highest BCUT2D eigenvalue weighted by Gasteiger charge is 2.14. The third-order valence-corrected chi connectivity index (χ3v) is 4.32. The van der Waals surface area contributed by atoms with Crippen molar-refractivity contribution in [2.75, 3.05) is 0 Å². The van der Waals surface area contributed by atoms with Crippen molar-refractivity contribution in [3.63, 3.8) is 0 Å². The number of phenolic OH excluding ortho intramolecular Hbond substituents is 1. The highest BCUT2D eigenvalue weighted by atomic mass is 16.3. The molecule has 0 fully saturated rings. The number of benzene rings is 2. The molecule has 0 aliphatic rings. The van der Waals surface area contributed by atoms with Crippen molar-refractivity contribution in [1.82, 2.24) is 14.5 Å². The third-order valence-electron chi connectivity index (χ3n) is 4.32. The van der Waals surface area contributed by atoms with E-state index in [1.165, 1.54) is 0 Å². The molecule has 24 heavy (non-hydrogen) atoms. The van der Waals surface area contributed by atoms with Gasteiger partial charge < -0.3 is 9.67 Å². The minimum Gasteiger partial charge on any atom is -0.506 e. The van der Waals surface area contributed by atoms with Crippen LogP contribution < -0.4 is 0 Å². The average Bonchev–Trinajstić information content (AvgIpc) is 2.99. The summed E-state index contributed by atoms with van der Waals surface area (Å²) in [6, 6.07) is 17.6. The summed E-state index contributed by atoms with van der Waals surface area (Å²) in [7, 11) is 0. The Bertz CT molecular complexity index is 1020. The standard InChI is InChI=1S/C20H19N3O/c1-2-3-13-23-17-9-5-4-8-15(17)22-20(23)16-12-11-14-7-6-10-18(24)19(14)21-16/h4-12,24H,2-3,13H2,1H3. The van der Waals surface area contributed by atoms with Crippen LogP contribution in [0.25, 0.3) is 33.5 Å². The Labute approximate surface area is 140 Å². The molecule has 4 aromatic rings. The summed E-state index contributed by atoms with van der Waals surface area (Å²) in [6.07, 6.45) is 2.21. The number of aryl methyl sites for hydroxylation is 1. The van der Waals surface area contributed by atoms with E-state index in [1.54, 1.807) is 6.07 Å². The van der Waals surface area contributed by atoms with E-state index >= 15 is 0 Å². The van der Waals surface area contributed by atoms with Gasteiger partial charge in [0.15, 0.2) is 5.82 Å². The molecule has 0 aliphatic carbocycles. The first-order chi connectivity index (χ1) is 11.8. The maximum absolute atomic E-state index is 10.1. The predicted octanol–water partition coefficient (Wildman–Crippen LogP) is 4.76. The van der Waals surface area contributed by atoms with Crippen LogP contribution in [-0.4, -0.2) is 19.6 Å². The van der Waals surface area contributed by atoms with Gasteiger partial charge in [-0.3, -0.25) is 0 Å². The molecule has 120 valence electrons. The molecule has 1 N–H and O–H groups in total. The van der Waals surface area contributed by atoms with E-state index < -0.39 is 0 Å². The van der Waals surface area contributed by atoms with Crippen LogP contribution >= 0.6 is 0 Å². The SMILES string of the molecule is CCCCn1c(-c2ccc3cccc(O)c3n2)nc2ccccc21. The summed E-state index contributed by atoms with van der Waals surface area (Å²) in [5.74, 6) is 1.06. The van der Waals surface area contributed by atoms with Crippen molar-refractivity contribution >= 4 is 21.9 Å². The number of hydrogen-bond donors (Lipinski definition) is 1. The number of nitrogens with zero attached hydrogens (tertiary/aromatic N) is 3. The molecule has 0 amide bonds. The van der Waals surface area contributed by atoms with Gasteiger partial charge in [0.05, 0.1) is 11.0 Å². The summed E-state index contributed by atoms with van der Waals surface area (Å²) in [5, 5.41) is 11.0. The molecule has 4 rings (SSSR count). The quantitative estimate of drug-likeness (QED) is 0.590. The Morgan fingerprint density at radius 3 is 2.71 bits per heavy atom. The summed E-state index contributed by atoms with van der Waals surface area (Å²) >= 11 is 0. The van der Waals surface area contributed by atoms with E-state index in [2.05, 4.69) is 22.5 Å². The van der Waals surface area contributed by atoms with Gasteiger partial charge in [0, 0.05) is 11.9 Å². The van der Waals surface area contributed by atoms with Crippen molar-refractivity contribution in [2.45, 2.75) is 26.3 Å². The number of aromatic hydroxyl groups is 1. The van der Waals surface area contributed by atoms with Crippen molar-refractivity contribution in [1.29, 1.82) is 0 Å². The van der Waals surface area contributed by atoms with E-state index in [1.807, 2.05) is 42.5 Å². The van der Waals surface area contributed by atoms with E-state index in [4.69, 9.17) is 4.98 Å². The zero-order valence-electron chi connectivity index (χ0n) is 13.6. The second kappa shape index (κ2) is 5.96. The van der Waals surface area contributed by atoms with Gasteiger partial charge in [0.25, 0.3) is 0 Å². The molecule has 2 heterocycles. The molecule has 0 atom stereocenters. The molecular weight excluding hydrogens is 298 g/mol. The Hall–Kier alpha value is -2.88. The number of aromatic nitrogens is 3. The molecule has 0 radical (unpaired) electrons. The monoisotopic (exact) mass is 317 g/mol. The molecule has 0 saturated carbocycles. The maximum atomic E-state index is 10.1. The lowest BCUT2D eigenvalue weighted by atomic mass is 10.2. The van der Waals surface area contributed by atoms with Crippen LogP contribution in [0.4, 0.5) is 0 Å². The highest BCUT2D eigenvalue weighted by Crippen LogP contribution is 2.28. The molecule has 2 aromatic heterocycles. The lowest BCUT2D eigenvalue weighted by Crippen LogP contribution is -2.01. The number of imidazole rings is 1. The second-order valence-electron chi connectivity index (χ2n) is 5.97. The molecule has 0 aliphatic heterocycles. The van der Waals surface area contributed by atoms with Crippen LogP contribution in [0.1, 0.15) is 19.8 Å². The number of phenols is 1. The van der Waals surface area contributed by atoms with E-state index in [0.29, 0.717) is 5.52 Å². The highest BCUT2D eigenvalue weighted by molar-refractivity contribution is 5.87. The Morgan fingerprint density at radius 2 is 1.83 bits per heavy atom. The Kier molecular flexibility index (Phi) is 3.65. The van der Waals surface area contributed by atoms with Crippen LogP contribution in [0.3, 0.4) is 0 Å². The average molecular weight is 317 g/mol. The van der Waals surface area contributed by atoms with Gasteiger partial charge in [-0.05, 0) is 30.7 Å². The molecule has 2 aromatic carbocycles. The fourth-order valence-corrected chi connectivity index (χ4v) is 3.07. The molecule has 4 nitrogen and oxygen atoms in total. The number of hydrogen-bond acceptors (Lipinski definition) is 3. The minimum absolute atomic E-state index is 0.200. The zero-order valence-corrected chi connectivity index (χ0v) is 13.6. The molecule has 0 unspecified atom stereocenters. The first kappa shape index (κ1) is 14.7. The summed E-state index contributed by atoms with van der Waals surface area (Å²) in [4.78, 5) is 9.47. The molecule has 0 bridgehead atoms. The number of pyridine rings is 1. The number of fused-ring (bicyclic) bond motifs is 2. The summed E-state index contributed by atoms with van der Waals surface area (Å²) in [5.41, 5.74) is 3.50. The number of rotatable bonds is 4. The van der Waals surface area contributed by atoms with Gasteiger partial charge in [0.2, 0.25) is 0 Å². The van der Waals surface area contributed by atoms with Crippen molar-refractivity contribution in [3.8, 4) is 17.3 Å². The number of para-hydroxylation sites is 3. The van der Waals surface area contributed by atoms with Crippen molar-refractivity contribution in [3.05, 3.63) is 54.6 Å². The second-order valence-corrected chi connectivity index (χ2v) is 5.97. The van der Waals surface area contributed by atoms with Gasteiger partial charge in [-0.15, -0.1) is 0 Å². The van der Waals surface area contributed by atoms with Crippen molar-refractivity contribution in [2.24, 2.45) is 0 Å². The van der Waals surface area contributed by atoms with Gasteiger partial charge >= 0.3 is 0 Å². The van der Waals surface area contributed by atoms with Gasteiger partial charge in [0.1, 0.15) is 17.0 Å². The Balaban J connectivity index is 1.93. The smallest absolute Gasteiger partial charge is 0.159 e. The lowest BCUT2D eigenvalue weighted by Gasteiger charge is -2.09. The lowest BCUT2D eigenvalue weighted by molar-refractivity contribution is 0.480. The van der Waals surface area contributed by atoms with E-state index in [-0.39, 0.29) is 5.75 Å². The van der Waals surface area contributed by atoms with Crippen LogP contribution in [-0.2, 0) is 6.54 Å². The topological polar surface area (TPSA) is 50.9 Å². The molecular formula is C20H19N3O. The van der Waals surface area contributed by atoms with Crippen LogP contribution in [0.5, 0.6) is 5.75 Å². The van der Waals surface area contributed by atoms with Gasteiger partial charge in [-0.25, -0.2) is 9.97 Å². The molecule has 0 saturated heterocycles. The maximum Gasteiger partial charge on any atom is 0.159 e. The van der Waals surface area contributed by atoms with Gasteiger partial charge in [-0.2, -0.15) is 0 Å². The van der Waals surface area contributed by atoms with Gasteiger partial charge in [-0.1, -0.05) is 43.7 Å². The normalized spacial score (nSPS) is 11.4. The first-order valence-electron chi connectivity index (χ1n) is 8.32.